The molecule has 4 nitrogen and oxygen atoms in total. The molecule has 0 spiro atoms. The van der Waals surface area contributed by atoms with Gasteiger partial charge in [-0.2, -0.15) is 11.8 Å². The maximum atomic E-state index is 11.7. The minimum Gasteiger partial charge on any atom is -0.355 e. The van der Waals surface area contributed by atoms with Crippen LogP contribution < -0.4 is 10.6 Å². The van der Waals surface area contributed by atoms with Crippen LogP contribution in [0.15, 0.2) is 0 Å². The van der Waals surface area contributed by atoms with Crippen LogP contribution in [0.5, 0.6) is 0 Å². The summed E-state index contributed by atoms with van der Waals surface area (Å²) in [5, 5.41) is 6.22. The molecule has 2 amide bonds. The van der Waals surface area contributed by atoms with E-state index in [0.717, 1.165) is 6.54 Å². The van der Waals surface area contributed by atoms with Crippen molar-refractivity contribution in [2.24, 2.45) is 5.92 Å². The Balaban J connectivity index is 1.68. The summed E-state index contributed by atoms with van der Waals surface area (Å²) in [7, 11) is 0. The third-order valence-corrected chi connectivity index (χ3v) is 4.52. The minimum absolute atomic E-state index is 0.00723. The second-order valence-corrected chi connectivity index (χ2v) is 5.85. The molecule has 0 aromatic rings. The van der Waals surface area contributed by atoms with Gasteiger partial charge in [-0.25, -0.2) is 0 Å². The number of carbonyl (C=O) groups excluding carboxylic acids is 2. The summed E-state index contributed by atoms with van der Waals surface area (Å²) in [5.41, 5.74) is 0. The molecule has 2 N–H and O–H groups in total. The van der Waals surface area contributed by atoms with Crippen molar-refractivity contribution in [1.82, 2.24) is 10.6 Å². The Morgan fingerprint density at radius 1 is 1.50 bits per heavy atom. The monoisotopic (exact) mass is 242 g/mol. The molecule has 0 radical (unpaired) electrons. The number of nitrogens with one attached hydrogen (secondary N) is 2. The molecule has 5 heteroatoms. The molecule has 2 rings (SSSR count). The molecule has 90 valence electrons. The first-order valence-corrected chi connectivity index (χ1v) is 6.96. The minimum atomic E-state index is -0.152. The molecule has 2 aliphatic heterocycles. The lowest BCUT2D eigenvalue weighted by Gasteiger charge is -2.22. The molecular formula is C11H18N2O2S. The van der Waals surface area contributed by atoms with E-state index >= 15 is 0 Å². The SMILES string of the molecule is O=C1CC(C(=O)NCC2CCCCS2)CN1. The van der Waals surface area contributed by atoms with Crippen LogP contribution >= 0.6 is 11.8 Å². The largest absolute Gasteiger partial charge is 0.355 e. The van der Waals surface area contributed by atoms with Gasteiger partial charge in [0.15, 0.2) is 0 Å². The van der Waals surface area contributed by atoms with Crippen LogP contribution in [-0.2, 0) is 9.59 Å². The van der Waals surface area contributed by atoms with Crippen LogP contribution in [-0.4, -0.2) is 35.9 Å². The van der Waals surface area contributed by atoms with Crippen molar-refractivity contribution in [2.75, 3.05) is 18.8 Å². The maximum Gasteiger partial charge on any atom is 0.225 e. The number of amides is 2. The Labute approximate surface area is 99.9 Å². The van der Waals surface area contributed by atoms with E-state index in [2.05, 4.69) is 10.6 Å². The van der Waals surface area contributed by atoms with Crippen molar-refractivity contribution < 1.29 is 9.59 Å². The Morgan fingerprint density at radius 3 is 3.00 bits per heavy atom. The van der Waals surface area contributed by atoms with Crippen molar-refractivity contribution in [2.45, 2.75) is 30.9 Å². The summed E-state index contributed by atoms with van der Waals surface area (Å²) in [5.74, 6) is 1.09. The Kier molecular flexibility index (Phi) is 4.09. The van der Waals surface area contributed by atoms with Gasteiger partial charge in [-0.3, -0.25) is 9.59 Å². The molecular weight excluding hydrogens is 224 g/mol. The van der Waals surface area contributed by atoms with Crippen molar-refractivity contribution in [1.29, 1.82) is 0 Å². The smallest absolute Gasteiger partial charge is 0.225 e. The summed E-state index contributed by atoms with van der Waals surface area (Å²) in [6, 6.07) is 0. The van der Waals surface area contributed by atoms with Gasteiger partial charge in [-0.05, 0) is 18.6 Å². The molecule has 2 fully saturated rings. The molecule has 0 saturated carbocycles. The van der Waals surface area contributed by atoms with Gasteiger partial charge in [0.05, 0.1) is 5.92 Å². The lowest BCUT2D eigenvalue weighted by Crippen LogP contribution is -2.36. The highest BCUT2D eigenvalue weighted by atomic mass is 32.2. The van der Waals surface area contributed by atoms with E-state index in [9.17, 15) is 9.59 Å². The molecule has 0 aromatic carbocycles. The number of carbonyl (C=O) groups is 2. The second-order valence-electron chi connectivity index (χ2n) is 4.44. The Bertz CT molecular complexity index is 277. The average Bonchev–Trinajstić information content (AvgIpc) is 2.74. The first-order chi connectivity index (χ1) is 7.75. The first-order valence-electron chi connectivity index (χ1n) is 5.91. The third kappa shape index (κ3) is 3.14. The van der Waals surface area contributed by atoms with Crippen molar-refractivity contribution in [3.63, 3.8) is 0 Å². The zero-order valence-corrected chi connectivity index (χ0v) is 10.1. The lowest BCUT2D eigenvalue weighted by molar-refractivity contribution is -0.126. The first kappa shape index (κ1) is 11.8. The van der Waals surface area contributed by atoms with E-state index in [-0.39, 0.29) is 17.7 Å². The highest BCUT2D eigenvalue weighted by molar-refractivity contribution is 7.99. The van der Waals surface area contributed by atoms with Gasteiger partial charge >= 0.3 is 0 Å². The molecule has 2 heterocycles. The second kappa shape index (κ2) is 5.57. The van der Waals surface area contributed by atoms with E-state index < -0.39 is 0 Å². The fourth-order valence-corrected chi connectivity index (χ4v) is 3.36. The maximum absolute atomic E-state index is 11.7. The molecule has 0 aliphatic carbocycles. The zero-order valence-electron chi connectivity index (χ0n) is 9.33. The average molecular weight is 242 g/mol. The van der Waals surface area contributed by atoms with E-state index in [4.69, 9.17) is 0 Å². The predicted octanol–water partition coefficient (Wildman–Crippen LogP) is 0.524. The van der Waals surface area contributed by atoms with Crippen LogP contribution in [0.2, 0.25) is 0 Å². The molecule has 2 saturated heterocycles. The van der Waals surface area contributed by atoms with Crippen molar-refractivity contribution in [3.05, 3.63) is 0 Å². The molecule has 16 heavy (non-hydrogen) atoms. The molecule has 0 bridgehead atoms. The fraction of sp³-hybridized carbons (Fsp3) is 0.818. The van der Waals surface area contributed by atoms with Crippen LogP contribution in [0.25, 0.3) is 0 Å². The molecule has 0 aromatic heterocycles. The van der Waals surface area contributed by atoms with E-state index in [0.29, 0.717) is 18.2 Å². The van der Waals surface area contributed by atoms with Gasteiger partial charge in [-0.1, -0.05) is 6.42 Å². The van der Waals surface area contributed by atoms with E-state index in [1.54, 1.807) is 0 Å². The number of hydrogen-bond donors (Lipinski definition) is 2. The van der Waals surface area contributed by atoms with Gasteiger partial charge < -0.3 is 10.6 Å². The summed E-state index contributed by atoms with van der Waals surface area (Å²) in [4.78, 5) is 22.7. The molecule has 2 atom stereocenters. The van der Waals surface area contributed by atoms with Crippen molar-refractivity contribution in [3.8, 4) is 0 Å². The predicted molar refractivity (Wildman–Crippen MR) is 64.2 cm³/mol. The topological polar surface area (TPSA) is 58.2 Å². The zero-order chi connectivity index (χ0) is 11.4. The lowest BCUT2D eigenvalue weighted by atomic mass is 10.1. The molecule has 2 unspecified atom stereocenters. The highest BCUT2D eigenvalue weighted by Crippen LogP contribution is 2.24. The van der Waals surface area contributed by atoms with Gasteiger partial charge in [0, 0.05) is 24.8 Å². The van der Waals surface area contributed by atoms with E-state index in [1.807, 2.05) is 11.8 Å². The summed E-state index contributed by atoms with van der Waals surface area (Å²) in [6.07, 6.45) is 4.13. The Morgan fingerprint density at radius 2 is 2.38 bits per heavy atom. The highest BCUT2D eigenvalue weighted by Gasteiger charge is 2.28. The standard InChI is InChI=1S/C11H18N2O2S/c14-10-5-8(6-12-10)11(15)13-7-9-3-1-2-4-16-9/h8-9H,1-7H2,(H,12,14)(H,13,15). The third-order valence-electron chi connectivity index (χ3n) is 3.13. The van der Waals surface area contributed by atoms with Gasteiger partial charge in [0.25, 0.3) is 0 Å². The fourth-order valence-electron chi connectivity index (χ4n) is 2.12. The van der Waals surface area contributed by atoms with Gasteiger partial charge in [-0.15, -0.1) is 0 Å². The van der Waals surface area contributed by atoms with E-state index in [1.165, 1.54) is 25.0 Å². The quantitative estimate of drug-likeness (QED) is 0.759. The van der Waals surface area contributed by atoms with Crippen molar-refractivity contribution >= 4 is 23.6 Å². The number of rotatable bonds is 3. The summed E-state index contributed by atoms with van der Waals surface area (Å²) < 4.78 is 0. The summed E-state index contributed by atoms with van der Waals surface area (Å²) in [6.45, 7) is 1.26. The summed E-state index contributed by atoms with van der Waals surface area (Å²) >= 11 is 1.95. The Hall–Kier alpha value is -0.710. The normalized spacial score (nSPS) is 29.9. The van der Waals surface area contributed by atoms with Crippen LogP contribution in [0.3, 0.4) is 0 Å². The van der Waals surface area contributed by atoms with Crippen LogP contribution in [0, 0.1) is 5.92 Å². The number of hydrogen-bond acceptors (Lipinski definition) is 3. The van der Waals surface area contributed by atoms with Gasteiger partial charge in [0.1, 0.15) is 0 Å². The molecule has 2 aliphatic rings. The van der Waals surface area contributed by atoms with Crippen LogP contribution in [0.4, 0.5) is 0 Å². The van der Waals surface area contributed by atoms with Crippen LogP contribution in [0.1, 0.15) is 25.7 Å². The number of thioether (sulfide) groups is 1. The van der Waals surface area contributed by atoms with Gasteiger partial charge in [0.2, 0.25) is 11.8 Å².